The number of amides is 1. The van der Waals surface area contributed by atoms with Crippen molar-refractivity contribution in [3.63, 3.8) is 0 Å². The van der Waals surface area contributed by atoms with Crippen LogP contribution in [0.2, 0.25) is 0 Å². The van der Waals surface area contributed by atoms with Crippen LogP contribution in [0, 0.1) is 0 Å². The predicted molar refractivity (Wildman–Crippen MR) is 133 cm³/mol. The van der Waals surface area contributed by atoms with E-state index in [1.54, 1.807) is 18.4 Å². The summed E-state index contributed by atoms with van der Waals surface area (Å²) in [6, 6.07) is 19.9. The summed E-state index contributed by atoms with van der Waals surface area (Å²) >= 11 is 0. The van der Waals surface area contributed by atoms with Crippen LogP contribution in [0.4, 0.5) is 5.69 Å². The number of hydrogen-bond donors (Lipinski definition) is 1. The van der Waals surface area contributed by atoms with E-state index in [2.05, 4.69) is 5.32 Å². The molecule has 2 atom stereocenters. The number of carbonyl (C=O) groups excluding carboxylic acids is 1. The van der Waals surface area contributed by atoms with E-state index in [-0.39, 0.29) is 29.6 Å². The number of hydrogen-bond acceptors (Lipinski definition) is 6. The maximum atomic E-state index is 13.0. The molecule has 0 radical (unpaired) electrons. The Morgan fingerprint density at radius 2 is 1.66 bits per heavy atom. The first-order valence-electron chi connectivity index (χ1n) is 11.6. The van der Waals surface area contributed by atoms with E-state index in [0.29, 0.717) is 31.9 Å². The van der Waals surface area contributed by atoms with Crippen LogP contribution in [0.25, 0.3) is 0 Å². The third-order valence-corrected chi connectivity index (χ3v) is 7.58. The van der Waals surface area contributed by atoms with Crippen LogP contribution in [0.1, 0.15) is 25.2 Å². The van der Waals surface area contributed by atoms with Crippen molar-refractivity contribution in [1.29, 1.82) is 0 Å². The Balaban J connectivity index is 1.40. The van der Waals surface area contributed by atoms with Crippen LogP contribution < -0.4 is 5.32 Å². The molecule has 1 amide bonds. The molecule has 0 saturated carbocycles. The van der Waals surface area contributed by atoms with Crippen molar-refractivity contribution in [3.05, 3.63) is 84.3 Å². The molecule has 1 saturated heterocycles. The number of ether oxygens (including phenoxy) is 1. The average molecular weight is 498 g/mol. The van der Waals surface area contributed by atoms with Gasteiger partial charge in [-0.1, -0.05) is 30.3 Å². The standard InChI is InChI=1S/C26H31N3O5S/c1-20-15-29(16-21(2)34-20)35(31,32)25-12-10-23(11-13-25)27-26(30)19-28(18-24-9-6-14-33-24)17-22-7-4-3-5-8-22/h3-14,20-21H,15-19H2,1-2H3,(H,27,30). The zero-order chi connectivity index (χ0) is 24.8. The molecule has 1 N–H and O–H groups in total. The predicted octanol–water partition coefficient (Wildman–Crippen LogP) is 3.72. The molecule has 1 aromatic heterocycles. The van der Waals surface area contributed by atoms with Crippen molar-refractivity contribution in [2.45, 2.75) is 44.0 Å². The molecule has 0 aliphatic carbocycles. The summed E-state index contributed by atoms with van der Waals surface area (Å²) in [5.41, 5.74) is 1.63. The Kier molecular flexibility index (Phi) is 8.02. The van der Waals surface area contributed by atoms with Gasteiger partial charge in [0.1, 0.15) is 5.76 Å². The highest BCUT2D eigenvalue weighted by atomic mass is 32.2. The van der Waals surface area contributed by atoms with Gasteiger partial charge in [-0.25, -0.2) is 8.42 Å². The minimum Gasteiger partial charge on any atom is -0.468 e. The number of benzene rings is 2. The molecule has 4 rings (SSSR count). The molecular formula is C26H31N3O5S. The van der Waals surface area contributed by atoms with Crippen molar-refractivity contribution < 1.29 is 22.4 Å². The Morgan fingerprint density at radius 3 is 2.29 bits per heavy atom. The summed E-state index contributed by atoms with van der Waals surface area (Å²) in [5, 5.41) is 2.87. The second kappa shape index (κ2) is 11.2. The minimum absolute atomic E-state index is 0.152. The molecule has 2 aromatic carbocycles. The highest BCUT2D eigenvalue weighted by Crippen LogP contribution is 2.22. The lowest BCUT2D eigenvalue weighted by Crippen LogP contribution is -2.48. The fourth-order valence-electron chi connectivity index (χ4n) is 4.22. The topological polar surface area (TPSA) is 92.1 Å². The highest BCUT2D eigenvalue weighted by Gasteiger charge is 2.32. The van der Waals surface area contributed by atoms with E-state index >= 15 is 0 Å². The number of anilines is 1. The molecule has 0 spiro atoms. The van der Waals surface area contributed by atoms with Gasteiger partial charge >= 0.3 is 0 Å². The number of furan rings is 1. The third kappa shape index (κ3) is 6.79. The van der Waals surface area contributed by atoms with Crippen molar-refractivity contribution in [1.82, 2.24) is 9.21 Å². The van der Waals surface area contributed by atoms with E-state index in [1.165, 1.54) is 16.4 Å². The lowest BCUT2D eigenvalue weighted by molar-refractivity contribution is -0.117. The number of rotatable bonds is 9. The minimum atomic E-state index is -3.63. The summed E-state index contributed by atoms with van der Waals surface area (Å²) in [4.78, 5) is 15.0. The highest BCUT2D eigenvalue weighted by molar-refractivity contribution is 7.89. The van der Waals surface area contributed by atoms with Crippen LogP contribution in [-0.4, -0.2) is 55.4 Å². The maximum absolute atomic E-state index is 13.0. The van der Waals surface area contributed by atoms with Gasteiger partial charge in [-0.2, -0.15) is 4.31 Å². The first-order valence-corrected chi connectivity index (χ1v) is 13.1. The summed E-state index contributed by atoms with van der Waals surface area (Å²) < 4.78 is 38.7. The van der Waals surface area contributed by atoms with Crippen LogP contribution in [0.5, 0.6) is 0 Å². The van der Waals surface area contributed by atoms with E-state index < -0.39 is 10.0 Å². The van der Waals surface area contributed by atoms with Gasteiger partial charge in [-0.3, -0.25) is 9.69 Å². The van der Waals surface area contributed by atoms with E-state index in [1.807, 2.05) is 61.2 Å². The molecule has 1 aliphatic heterocycles. The first kappa shape index (κ1) is 25.1. The van der Waals surface area contributed by atoms with Gasteiger partial charge in [0.25, 0.3) is 0 Å². The van der Waals surface area contributed by atoms with Gasteiger partial charge in [0, 0.05) is 25.3 Å². The summed E-state index contributed by atoms with van der Waals surface area (Å²) in [6.45, 7) is 5.59. The smallest absolute Gasteiger partial charge is 0.243 e. The van der Waals surface area contributed by atoms with Gasteiger partial charge in [-0.05, 0) is 55.8 Å². The van der Waals surface area contributed by atoms with Gasteiger partial charge in [0.2, 0.25) is 15.9 Å². The number of sulfonamides is 1. The van der Waals surface area contributed by atoms with Crippen molar-refractivity contribution in [2.75, 3.05) is 25.0 Å². The van der Waals surface area contributed by atoms with E-state index in [0.717, 1.165) is 11.3 Å². The maximum Gasteiger partial charge on any atom is 0.243 e. The van der Waals surface area contributed by atoms with E-state index in [4.69, 9.17) is 9.15 Å². The Hall–Kier alpha value is -2.98. The monoisotopic (exact) mass is 497 g/mol. The molecule has 2 unspecified atom stereocenters. The van der Waals surface area contributed by atoms with E-state index in [9.17, 15) is 13.2 Å². The molecule has 35 heavy (non-hydrogen) atoms. The Labute approximate surface area is 206 Å². The SMILES string of the molecule is CC1CN(S(=O)(=O)c2ccc(NC(=O)CN(Cc3ccccc3)Cc3ccco3)cc2)CC(C)O1. The number of nitrogens with zero attached hydrogens (tertiary/aromatic N) is 2. The van der Waals surface area contributed by atoms with Crippen molar-refractivity contribution in [2.24, 2.45) is 0 Å². The zero-order valence-electron chi connectivity index (χ0n) is 20.0. The van der Waals surface area contributed by atoms with Crippen LogP contribution in [0.15, 0.2) is 82.3 Å². The van der Waals surface area contributed by atoms with Gasteiger partial charge in [0.05, 0.1) is 36.5 Å². The fourth-order valence-corrected chi connectivity index (χ4v) is 5.81. The molecule has 1 aliphatic rings. The van der Waals surface area contributed by atoms with Gasteiger partial charge < -0.3 is 14.5 Å². The first-order chi connectivity index (χ1) is 16.8. The zero-order valence-corrected chi connectivity index (χ0v) is 20.8. The molecular weight excluding hydrogens is 466 g/mol. The van der Waals surface area contributed by atoms with Crippen molar-refractivity contribution in [3.8, 4) is 0 Å². The molecule has 3 aromatic rings. The third-order valence-electron chi connectivity index (χ3n) is 5.74. The summed E-state index contributed by atoms with van der Waals surface area (Å²) in [6.07, 6.45) is 1.29. The van der Waals surface area contributed by atoms with Gasteiger partial charge in [-0.15, -0.1) is 0 Å². The van der Waals surface area contributed by atoms with Crippen LogP contribution >= 0.6 is 0 Å². The fraction of sp³-hybridized carbons (Fsp3) is 0.346. The molecule has 0 bridgehead atoms. The molecule has 9 heteroatoms. The lowest BCUT2D eigenvalue weighted by Gasteiger charge is -2.34. The van der Waals surface area contributed by atoms with Gasteiger partial charge in [0.15, 0.2) is 0 Å². The Morgan fingerprint density at radius 1 is 0.971 bits per heavy atom. The molecule has 2 heterocycles. The lowest BCUT2D eigenvalue weighted by atomic mass is 10.2. The number of nitrogens with one attached hydrogen (secondary N) is 1. The molecule has 186 valence electrons. The summed E-state index contributed by atoms with van der Waals surface area (Å²) in [5.74, 6) is 0.578. The van der Waals surface area contributed by atoms with Crippen LogP contribution in [0.3, 0.4) is 0 Å². The molecule has 8 nitrogen and oxygen atoms in total. The normalized spacial score (nSPS) is 19.1. The second-order valence-electron chi connectivity index (χ2n) is 8.86. The number of carbonyl (C=O) groups is 1. The summed E-state index contributed by atoms with van der Waals surface area (Å²) in [7, 11) is -3.63. The largest absolute Gasteiger partial charge is 0.468 e. The second-order valence-corrected chi connectivity index (χ2v) is 10.8. The number of morpholine rings is 1. The van der Waals surface area contributed by atoms with Crippen LogP contribution in [-0.2, 0) is 32.6 Å². The average Bonchev–Trinajstić information content (AvgIpc) is 3.32. The van der Waals surface area contributed by atoms with Crippen molar-refractivity contribution >= 4 is 21.6 Å². The molecule has 1 fully saturated rings. The Bertz CT molecular complexity index is 1190. The quantitative estimate of drug-likeness (QED) is 0.485.